The monoisotopic (exact) mass is 144 g/mol. The van der Waals surface area contributed by atoms with Crippen LogP contribution in [0.15, 0.2) is 30.1 Å². The van der Waals surface area contributed by atoms with Gasteiger partial charge in [-0.1, -0.05) is 0 Å². The predicted molar refractivity (Wildman–Crippen MR) is 43.5 cm³/mol. The van der Waals surface area contributed by atoms with Crippen molar-refractivity contribution in [3.05, 3.63) is 35.7 Å². The number of nitrogens with zero attached hydrogens (tertiary/aromatic N) is 2. The minimum absolute atomic E-state index is 0.705. The number of rotatable bonds is 1. The Kier molecular flexibility index (Phi) is 2.40. The first kappa shape index (κ1) is 7.49. The van der Waals surface area contributed by atoms with Crippen molar-refractivity contribution in [1.29, 1.82) is 5.26 Å². The van der Waals surface area contributed by atoms with E-state index in [1.165, 1.54) is 0 Å². The molecule has 0 spiro atoms. The Morgan fingerprint density at radius 1 is 1.55 bits per heavy atom. The van der Waals surface area contributed by atoms with Crippen LogP contribution in [0.5, 0.6) is 0 Å². The van der Waals surface area contributed by atoms with Crippen LogP contribution in [0.3, 0.4) is 0 Å². The number of hydrogen-bond donors (Lipinski definition) is 0. The number of pyridine rings is 1. The summed E-state index contributed by atoms with van der Waals surface area (Å²) >= 11 is 0. The zero-order chi connectivity index (χ0) is 8.10. The first-order chi connectivity index (χ1) is 5.33. The van der Waals surface area contributed by atoms with E-state index in [-0.39, 0.29) is 0 Å². The normalized spacial score (nSPS) is 10.7. The van der Waals surface area contributed by atoms with Crippen LogP contribution in [-0.4, -0.2) is 4.98 Å². The van der Waals surface area contributed by atoms with Crippen molar-refractivity contribution in [2.45, 2.75) is 6.92 Å². The quantitative estimate of drug-likeness (QED) is 0.565. The van der Waals surface area contributed by atoms with Crippen LogP contribution in [0, 0.1) is 11.3 Å². The summed E-state index contributed by atoms with van der Waals surface area (Å²) in [4.78, 5) is 3.87. The molecule has 11 heavy (non-hydrogen) atoms. The van der Waals surface area contributed by atoms with E-state index in [1.54, 1.807) is 19.3 Å². The summed E-state index contributed by atoms with van der Waals surface area (Å²) in [6, 6.07) is 5.78. The highest BCUT2D eigenvalue weighted by molar-refractivity contribution is 5.55. The van der Waals surface area contributed by atoms with Crippen LogP contribution in [0.2, 0.25) is 0 Å². The molecule has 1 aromatic heterocycles. The maximum Gasteiger partial charge on any atom is 0.0944 e. The van der Waals surface area contributed by atoms with Gasteiger partial charge in [-0.05, 0) is 30.7 Å². The topological polar surface area (TPSA) is 36.7 Å². The molecule has 1 aromatic rings. The molecule has 0 atom stereocenters. The van der Waals surface area contributed by atoms with Crippen LogP contribution in [0.25, 0.3) is 6.08 Å². The maximum absolute atomic E-state index is 8.46. The lowest BCUT2D eigenvalue weighted by atomic mass is 10.2. The summed E-state index contributed by atoms with van der Waals surface area (Å²) in [5.74, 6) is 0. The lowest BCUT2D eigenvalue weighted by Crippen LogP contribution is -1.74. The van der Waals surface area contributed by atoms with Crippen LogP contribution in [-0.2, 0) is 0 Å². The van der Waals surface area contributed by atoms with Crippen LogP contribution >= 0.6 is 0 Å². The predicted octanol–water partition coefficient (Wildman–Crippen LogP) is 2.01. The molecule has 0 aliphatic heterocycles. The van der Waals surface area contributed by atoms with E-state index in [0.717, 1.165) is 5.56 Å². The molecular formula is C9H8N2. The van der Waals surface area contributed by atoms with Crippen molar-refractivity contribution in [3.8, 4) is 6.07 Å². The van der Waals surface area contributed by atoms with E-state index in [0.29, 0.717) is 5.57 Å². The third-order valence-electron chi connectivity index (χ3n) is 1.27. The number of allylic oxidation sites excluding steroid dienone is 1. The van der Waals surface area contributed by atoms with Crippen LogP contribution in [0.4, 0.5) is 0 Å². The second-order valence-electron chi connectivity index (χ2n) is 2.22. The third-order valence-corrected chi connectivity index (χ3v) is 1.27. The van der Waals surface area contributed by atoms with Gasteiger partial charge in [0.2, 0.25) is 0 Å². The summed E-state index contributed by atoms with van der Waals surface area (Å²) in [6.07, 6.45) is 5.23. The third kappa shape index (κ3) is 2.23. The fraction of sp³-hybridized carbons (Fsp3) is 0.111. The number of aromatic nitrogens is 1. The largest absolute Gasteiger partial charge is 0.265 e. The molecule has 1 heterocycles. The molecule has 0 aliphatic carbocycles. The van der Waals surface area contributed by atoms with Gasteiger partial charge in [0.05, 0.1) is 6.07 Å². The van der Waals surface area contributed by atoms with Crippen LogP contribution in [0.1, 0.15) is 12.5 Å². The Balaban J connectivity index is 2.90. The van der Waals surface area contributed by atoms with Gasteiger partial charge in [0, 0.05) is 18.0 Å². The molecule has 0 bridgehead atoms. The summed E-state index contributed by atoms with van der Waals surface area (Å²) in [5, 5.41) is 8.46. The Morgan fingerprint density at radius 2 is 2.18 bits per heavy atom. The van der Waals surface area contributed by atoms with E-state index < -0.39 is 0 Å². The van der Waals surface area contributed by atoms with Gasteiger partial charge in [0.15, 0.2) is 0 Å². The summed E-state index contributed by atoms with van der Waals surface area (Å²) < 4.78 is 0. The van der Waals surface area contributed by atoms with E-state index in [2.05, 4.69) is 11.1 Å². The van der Waals surface area contributed by atoms with E-state index in [4.69, 9.17) is 5.26 Å². The highest BCUT2D eigenvalue weighted by atomic mass is 14.6. The number of hydrogen-bond acceptors (Lipinski definition) is 2. The van der Waals surface area contributed by atoms with Gasteiger partial charge in [-0.3, -0.25) is 4.98 Å². The van der Waals surface area contributed by atoms with Crippen molar-refractivity contribution in [2.75, 3.05) is 0 Å². The van der Waals surface area contributed by atoms with Crippen molar-refractivity contribution >= 4 is 6.08 Å². The molecule has 0 radical (unpaired) electrons. The Morgan fingerprint density at radius 3 is 2.73 bits per heavy atom. The smallest absolute Gasteiger partial charge is 0.0944 e. The highest BCUT2D eigenvalue weighted by Gasteiger charge is 1.86. The molecule has 0 unspecified atom stereocenters. The van der Waals surface area contributed by atoms with Gasteiger partial charge in [0.1, 0.15) is 0 Å². The number of nitriles is 1. The SMILES string of the molecule is C/C(C#N)=C\c1ccncc1. The zero-order valence-electron chi connectivity index (χ0n) is 6.28. The van der Waals surface area contributed by atoms with Gasteiger partial charge in [0.25, 0.3) is 0 Å². The van der Waals surface area contributed by atoms with Gasteiger partial charge < -0.3 is 0 Å². The van der Waals surface area contributed by atoms with E-state index in [1.807, 2.05) is 18.2 Å². The molecule has 0 saturated carbocycles. The molecule has 2 heteroatoms. The zero-order valence-corrected chi connectivity index (χ0v) is 6.28. The fourth-order valence-corrected chi connectivity index (χ4v) is 0.742. The molecule has 1 rings (SSSR count). The molecule has 2 nitrogen and oxygen atoms in total. The Bertz CT molecular complexity index is 293. The van der Waals surface area contributed by atoms with Gasteiger partial charge in [-0.2, -0.15) is 5.26 Å². The molecular weight excluding hydrogens is 136 g/mol. The van der Waals surface area contributed by atoms with Crippen molar-refractivity contribution in [2.24, 2.45) is 0 Å². The second kappa shape index (κ2) is 3.52. The average molecular weight is 144 g/mol. The fourth-order valence-electron chi connectivity index (χ4n) is 0.742. The molecule has 0 aromatic carbocycles. The van der Waals surface area contributed by atoms with Crippen molar-refractivity contribution < 1.29 is 0 Å². The van der Waals surface area contributed by atoms with E-state index in [9.17, 15) is 0 Å². The Hall–Kier alpha value is -1.62. The summed E-state index contributed by atoms with van der Waals surface area (Å²) in [6.45, 7) is 1.78. The molecule has 54 valence electrons. The van der Waals surface area contributed by atoms with E-state index >= 15 is 0 Å². The van der Waals surface area contributed by atoms with Crippen molar-refractivity contribution in [3.63, 3.8) is 0 Å². The van der Waals surface area contributed by atoms with Gasteiger partial charge in [-0.25, -0.2) is 0 Å². The van der Waals surface area contributed by atoms with Gasteiger partial charge in [-0.15, -0.1) is 0 Å². The lowest BCUT2D eigenvalue weighted by Gasteiger charge is -1.89. The lowest BCUT2D eigenvalue weighted by molar-refractivity contribution is 1.32. The Labute approximate surface area is 65.8 Å². The standard InChI is InChI=1S/C9H8N2/c1-8(7-10)6-9-2-4-11-5-3-9/h2-6H,1H3/b8-6+. The molecule has 0 N–H and O–H groups in total. The van der Waals surface area contributed by atoms with Crippen LogP contribution < -0.4 is 0 Å². The first-order valence-electron chi connectivity index (χ1n) is 3.31. The maximum atomic E-state index is 8.46. The highest BCUT2D eigenvalue weighted by Crippen LogP contribution is 2.02. The molecule has 0 amide bonds. The van der Waals surface area contributed by atoms with Crippen molar-refractivity contribution in [1.82, 2.24) is 4.98 Å². The molecule has 0 fully saturated rings. The first-order valence-corrected chi connectivity index (χ1v) is 3.31. The van der Waals surface area contributed by atoms with Gasteiger partial charge >= 0.3 is 0 Å². The molecule has 0 saturated heterocycles. The summed E-state index contributed by atoms with van der Waals surface area (Å²) in [5.41, 5.74) is 1.72. The second-order valence-corrected chi connectivity index (χ2v) is 2.22. The minimum atomic E-state index is 0.705. The summed E-state index contributed by atoms with van der Waals surface area (Å²) in [7, 11) is 0. The average Bonchev–Trinajstić information content (AvgIpc) is 2.06. The minimum Gasteiger partial charge on any atom is -0.265 e. The molecule has 0 aliphatic rings.